The highest BCUT2D eigenvalue weighted by atomic mass is 16.5. The van der Waals surface area contributed by atoms with Crippen molar-refractivity contribution in [2.75, 3.05) is 0 Å². The highest BCUT2D eigenvalue weighted by Gasteiger charge is 2.43. The molecule has 0 spiro atoms. The van der Waals surface area contributed by atoms with Gasteiger partial charge in [0.1, 0.15) is 11.5 Å². The molecule has 0 aliphatic carbocycles. The van der Waals surface area contributed by atoms with Gasteiger partial charge in [-0.15, -0.1) is 0 Å². The Hall–Kier alpha value is -4.94. The fraction of sp³-hybridized carbons (Fsp3) is 0.476. The van der Waals surface area contributed by atoms with Gasteiger partial charge in [-0.3, -0.25) is 9.80 Å². The molecule has 2 saturated heterocycles. The van der Waals surface area contributed by atoms with E-state index in [2.05, 4.69) is 83.4 Å². The Morgan fingerprint density at radius 3 is 1.36 bits per heavy atom. The SMILES string of the molecule is CC1(C)CCCC(C)(C)N1Cc1cccc(CN2C(C)(C)CCCC2(C)C)c1B(O)O.O=C(O)c1ccc(Oc2ccccc2)cc1C(=O)O.O=C=O.O=C=O. The molecule has 0 radical (unpaired) electrons. The zero-order valence-electron chi connectivity index (χ0n) is 33.6. The third-order valence-corrected chi connectivity index (χ3v) is 10.7. The Morgan fingerprint density at radius 1 is 0.607 bits per heavy atom. The molecule has 3 aromatic carbocycles. The summed E-state index contributed by atoms with van der Waals surface area (Å²) in [7, 11) is -1.46. The predicted octanol–water partition coefficient (Wildman–Crippen LogP) is 6.16. The van der Waals surface area contributed by atoms with E-state index >= 15 is 0 Å². The van der Waals surface area contributed by atoms with Crippen LogP contribution in [0.25, 0.3) is 0 Å². The van der Waals surface area contributed by atoms with Crippen molar-refractivity contribution in [1.82, 2.24) is 9.80 Å². The third kappa shape index (κ3) is 12.8. The molecule has 0 amide bonds. The van der Waals surface area contributed by atoms with E-state index in [1.165, 1.54) is 56.7 Å². The van der Waals surface area contributed by atoms with Crippen LogP contribution in [-0.4, -0.2) is 83.6 Å². The second-order valence-electron chi connectivity index (χ2n) is 16.4. The van der Waals surface area contributed by atoms with Crippen LogP contribution >= 0.6 is 0 Å². The molecule has 5 rings (SSSR count). The average Bonchev–Trinajstić information content (AvgIpc) is 3.09. The lowest BCUT2D eigenvalue weighted by Crippen LogP contribution is -2.59. The van der Waals surface area contributed by atoms with Crippen molar-refractivity contribution in [2.45, 2.75) is 129 Å². The molecule has 3 aromatic rings. The lowest BCUT2D eigenvalue weighted by Gasteiger charge is -2.54. The molecule has 2 aliphatic rings. The maximum atomic E-state index is 11.0. The number of carboxylic acids is 2. The second kappa shape index (κ2) is 20.3. The fourth-order valence-corrected chi connectivity index (χ4v) is 8.13. The van der Waals surface area contributed by atoms with E-state index in [0.717, 1.165) is 24.2 Å². The molecule has 13 nitrogen and oxygen atoms in total. The molecule has 2 heterocycles. The molecule has 2 fully saturated rings. The molecule has 0 aromatic heterocycles. The van der Waals surface area contributed by atoms with Crippen molar-refractivity contribution >= 4 is 36.8 Å². The number of para-hydroxylation sites is 1. The lowest BCUT2D eigenvalue weighted by atomic mass is 9.71. The number of carboxylic acid groups (broad SMARTS) is 2. The molecular weight excluding hydrogens is 719 g/mol. The van der Waals surface area contributed by atoms with Crippen LogP contribution in [0.4, 0.5) is 0 Å². The number of hydrogen-bond donors (Lipinski definition) is 4. The predicted molar refractivity (Wildman–Crippen MR) is 208 cm³/mol. The first-order valence-corrected chi connectivity index (χ1v) is 18.4. The van der Waals surface area contributed by atoms with Crippen LogP contribution in [0, 0.1) is 0 Å². The summed E-state index contributed by atoms with van der Waals surface area (Å²) in [5.41, 5.74) is 2.58. The van der Waals surface area contributed by atoms with Crippen molar-refractivity contribution in [2.24, 2.45) is 0 Å². The van der Waals surface area contributed by atoms with Crippen LogP contribution in [0.15, 0.2) is 66.7 Å². The molecule has 14 heteroatoms. The largest absolute Gasteiger partial charge is 0.489 e. The first-order chi connectivity index (χ1) is 26.1. The molecule has 0 saturated carbocycles. The number of nitrogens with zero attached hydrogens (tertiary/aromatic N) is 2. The normalized spacial score (nSPS) is 17.7. The molecule has 0 atom stereocenters. The highest BCUT2D eigenvalue weighted by Crippen LogP contribution is 2.41. The third-order valence-electron chi connectivity index (χ3n) is 10.7. The highest BCUT2D eigenvalue weighted by molar-refractivity contribution is 6.59. The minimum Gasteiger partial charge on any atom is -0.478 e. The van der Waals surface area contributed by atoms with Crippen molar-refractivity contribution in [3.63, 3.8) is 0 Å². The van der Waals surface area contributed by atoms with Crippen LogP contribution in [0.2, 0.25) is 0 Å². The lowest BCUT2D eigenvalue weighted by molar-refractivity contribution is -0.193. The monoisotopic (exact) mass is 774 g/mol. The Bertz CT molecular complexity index is 1740. The molecule has 302 valence electrons. The van der Waals surface area contributed by atoms with Crippen molar-refractivity contribution in [1.29, 1.82) is 0 Å². The summed E-state index contributed by atoms with van der Waals surface area (Å²) in [5.74, 6) is -1.78. The van der Waals surface area contributed by atoms with Gasteiger partial charge in [0.25, 0.3) is 0 Å². The minimum atomic E-state index is -1.46. The quantitative estimate of drug-likeness (QED) is 0.181. The topological polar surface area (TPSA) is 199 Å². The Balaban J connectivity index is 0.000000368. The van der Waals surface area contributed by atoms with E-state index < -0.39 is 19.1 Å². The van der Waals surface area contributed by atoms with Crippen LogP contribution in [0.1, 0.15) is 126 Å². The van der Waals surface area contributed by atoms with Gasteiger partial charge in [0.15, 0.2) is 0 Å². The van der Waals surface area contributed by atoms with Crippen LogP contribution in [0.3, 0.4) is 0 Å². The molecule has 4 N–H and O–H groups in total. The number of piperidine rings is 2. The number of carbonyl (C=O) groups is 2. The van der Waals surface area contributed by atoms with Gasteiger partial charge in [0.2, 0.25) is 0 Å². The van der Waals surface area contributed by atoms with Crippen LogP contribution < -0.4 is 10.2 Å². The summed E-state index contributed by atoms with van der Waals surface area (Å²) in [5, 5.41) is 38.8. The van der Waals surface area contributed by atoms with Gasteiger partial charge in [0.05, 0.1) is 11.1 Å². The number of benzene rings is 3. The number of hydrogen-bond acceptors (Lipinski definition) is 11. The zero-order valence-corrected chi connectivity index (χ0v) is 33.6. The van der Waals surface area contributed by atoms with Gasteiger partial charge in [-0.1, -0.05) is 36.4 Å². The smallest absolute Gasteiger partial charge is 0.478 e. The van der Waals surface area contributed by atoms with Gasteiger partial charge >= 0.3 is 31.4 Å². The summed E-state index contributed by atoms with van der Waals surface area (Å²) in [4.78, 5) is 59.5. The maximum Gasteiger partial charge on any atom is 0.489 e. The summed E-state index contributed by atoms with van der Waals surface area (Å²) in [6, 6.07) is 18.9. The van der Waals surface area contributed by atoms with Gasteiger partial charge in [0, 0.05) is 35.2 Å². The molecule has 56 heavy (non-hydrogen) atoms. The number of likely N-dealkylation sites (tertiary alicyclic amines) is 2. The Labute approximate surface area is 329 Å². The number of aromatic carboxylic acids is 2. The van der Waals surface area contributed by atoms with E-state index in [1.54, 1.807) is 24.3 Å². The standard InChI is InChI=1S/C26H45BN2O2.C14H10O5.2CO2/c1-23(2)14-10-15-24(3,4)28(23)18-20-12-9-13-21(22(20)27(30)31)19-29-25(5,6)16-11-17-26(29,7)8;15-13(16)11-7-6-10(8-12(11)14(17)18)19-9-4-2-1-3-5-9;2*2-1-3/h9,12-13,30-31H,10-11,14-19H2,1-8H3;1-8H,(H,15,16)(H,17,18);;. The van der Waals surface area contributed by atoms with Gasteiger partial charge in [-0.05, 0) is 141 Å². The fourth-order valence-electron chi connectivity index (χ4n) is 8.13. The molecule has 0 unspecified atom stereocenters. The maximum absolute atomic E-state index is 11.0. The van der Waals surface area contributed by atoms with E-state index in [4.69, 9.17) is 34.1 Å². The van der Waals surface area contributed by atoms with E-state index in [1.807, 2.05) is 6.07 Å². The van der Waals surface area contributed by atoms with Gasteiger partial charge in [-0.25, -0.2) is 9.59 Å². The summed E-state index contributed by atoms with van der Waals surface area (Å²) < 4.78 is 5.45. The van der Waals surface area contributed by atoms with Crippen LogP contribution in [0.5, 0.6) is 11.5 Å². The summed E-state index contributed by atoms with van der Waals surface area (Å²) in [6.45, 7) is 20.1. The average molecular weight is 775 g/mol. The minimum absolute atomic E-state index is 0.0896. The summed E-state index contributed by atoms with van der Waals surface area (Å²) in [6.07, 6.45) is 7.66. The zero-order chi connectivity index (χ0) is 42.5. The second-order valence-corrected chi connectivity index (χ2v) is 16.4. The van der Waals surface area contributed by atoms with Crippen molar-refractivity contribution < 1.29 is 53.8 Å². The van der Waals surface area contributed by atoms with Crippen molar-refractivity contribution in [3.05, 3.63) is 89.0 Å². The Morgan fingerprint density at radius 2 is 1.00 bits per heavy atom. The van der Waals surface area contributed by atoms with Crippen LogP contribution in [-0.2, 0) is 32.3 Å². The van der Waals surface area contributed by atoms with Crippen molar-refractivity contribution in [3.8, 4) is 11.5 Å². The van der Waals surface area contributed by atoms with Gasteiger partial charge in [-0.2, -0.15) is 19.2 Å². The van der Waals surface area contributed by atoms with Gasteiger partial charge < -0.3 is 25.0 Å². The van der Waals surface area contributed by atoms with E-state index in [9.17, 15) is 19.6 Å². The number of rotatable bonds is 9. The van der Waals surface area contributed by atoms with E-state index in [-0.39, 0.29) is 51.3 Å². The molecule has 0 bridgehead atoms. The molecular formula is C42H55BN2O11. The molecule has 2 aliphatic heterocycles. The Kier molecular flexibility index (Phi) is 17.1. The number of ether oxygens (including phenoxy) is 1. The first-order valence-electron chi connectivity index (χ1n) is 18.4. The number of carbonyl (C=O) groups excluding carboxylic acids is 4. The van der Waals surface area contributed by atoms with E-state index in [0.29, 0.717) is 11.2 Å². The summed E-state index contributed by atoms with van der Waals surface area (Å²) >= 11 is 0. The first kappa shape index (κ1) is 47.2.